The maximum absolute atomic E-state index is 12.1. The number of hydrogen-bond donors (Lipinski definition) is 2. The molecule has 0 aliphatic heterocycles. The molecule has 0 saturated carbocycles. The second kappa shape index (κ2) is 7.99. The first-order valence-electron chi connectivity index (χ1n) is 7.55. The van der Waals surface area contributed by atoms with Crippen molar-refractivity contribution in [3.63, 3.8) is 0 Å². The third-order valence-electron chi connectivity index (χ3n) is 3.65. The Kier molecular flexibility index (Phi) is 5.98. The first kappa shape index (κ1) is 15.0. The van der Waals surface area contributed by atoms with Crippen molar-refractivity contribution in [3.05, 3.63) is 11.4 Å². The largest absolute Gasteiger partial charge is 0.381 e. The smallest absolute Gasteiger partial charge is 0.223 e. The molecule has 2 N–H and O–H groups in total. The van der Waals surface area contributed by atoms with Crippen LogP contribution in [0.15, 0.2) is 0 Å². The Bertz CT molecular complexity index is 419. The van der Waals surface area contributed by atoms with Crippen LogP contribution in [0.5, 0.6) is 0 Å². The number of aromatic amines is 1. The summed E-state index contributed by atoms with van der Waals surface area (Å²) in [6.45, 7) is 4.38. The maximum atomic E-state index is 12.1. The highest BCUT2D eigenvalue weighted by molar-refractivity contribution is 5.79. The zero-order valence-electron chi connectivity index (χ0n) is 12.2. The van der Waals surface area contributed by atoms with Crippen molar-refractivity contribution >= 4 is 5.91 Å². The molecule has 1 aliphatic rings. The SMILES string of the molecule is CCCCOCCCNC(=O)C1CCc2n[nH]nc2C1. The van der Waals surface area contributed by atoms with Gasteiger partial charge in [-0.1, -0.05) is 13.3 Å². The number of unbranched alkanes of at least 4 members (excludes halogenated alkanes) is 1. The average Bonchev–Trinajstić information content (AvgIpc) is 2.93. The van der Waals surface area contributed by atoms with Crippen molar-refractivity contribution < 1.29 is 9.53 Å². The number of aryl methyl sites for hydroxylation is 1. The number of fused-ring (bicyclic) bond motifs is 1. The van der Waals surface area contributed by atoms with Gasteiger partial charge in [0, 0.05) is 32.1 Å². The number of H-pyrrole nitrogens is 1. The van der Waals surface area contributed by atoms with E-state index in [-0.39, 0.29) is 11.8 Å². The number of nitrogens with one attached hydrogen (secondary N) is 2. The molecule has 6 nitrogen and oxygen atoms in total. The van der Waals surface area contributed by atoms with Crippen molar-refractivity contribution in [2.75, 3.05) is 19.8 Å². The molecule has 0 radical (unpaired) electrons. The Morgan fingerprint density at radius 3 is 3.00 bits per heavy atom. The molecule has 1 aromatic heterocycles. The average molecular weight is 280 g/mol. The maximum Gasteiger partial charge on any atom is 0.223 e. The molecule has 0 fully saturated rings. The Hall–Kier alpha value is -1.43. The number of hydrogen-bond acceptors (Lipinski definition) is 4. The van der Waals surface area contributed by atoms with Crippen LogP contribution in [-0.2, 0) is 22.4 Å². The number of carbonyl (C=O) groups excluding carboxylic acids is 1. The summed E-state index contributed by atoms with van der Waals surface area (Å²) in [7, 11) is 0. The molecule has 1 atom stereocenters. The van der Waals surface area contributed by atoms with Crippen LogP contribution in [0.2, 0.25) is 0 Å². The van der Waals surface area contributed by atoms with E-state index >= 15 is 0 Å². The summed E-state index contributed by atoms with van der Waals surface area (Å²) in [5.74, 6) is 0.167. The summed E-state index contributed by atoms with van der Waals surface area (Å²) in [6, 6.07) is 0. The lowest BCUT2D eigenvalue weighted by Crippen LogP contribution is -2.35. The summed E-state index contributed by atoms with van der Waals surface area (Å²) in [4.78, 5) is 12.1. The van der Waals surface area contributed by atoms with E-state index in [4.69, 9.17) is 4.74 Å². The first-order valence-corrected chi connectivity index (χ1v) is 7.55. The zero-order valence-corrected chi connectivity index (χ0v) is 12.2. The summed E-state index contributed by atoms with van der Waals surface area (Å²) in [5.41, 5.74) is 1.96. The quantitative estimate of drug-likeness (QED) is 0.702. The molecule has 0 spiro atoms. The van der Waals surface area contributed by atoms with Gasteiger partial charge in [-0.25, -0.2) is 0 Å². The fourth-order valence-electron chi connectivity index (χ4n) is 2.39. The van der Waals surface area contributed by atoms with Crippen molar-refractivity contribution in [2.24, 2.45) is 5.92 Å². The minimum atomic E-state index is 0.0357. The van der Waals surface area contributed by atoms with E-state index in [9.17, 15) is 4.79 Å². The number of rotatable bonds is 8. The van der Waals surface area contributed by atoms with Crippen LogP contribution in [0.25, 0.3) is 0 Å². The van der Waals surface area contributed by atoms with Crippen LogP contribution in [-0.4, -0.2) is 41.1 Å². The molecule has 0 aromatic carbocycles. The first-order chi connectivity index (χ1) is 9.81. The van der Waals surface area contributed by atoms with E-state index < -0.39 is 0 Å². The summed E-state index contributed by atoms with van der Waals surface area (Å²) < 4.78 is 5.46. The fourth-order valence-corrected chi connectivity index (χ4v) is 2.39. The van der Waals surface area contributed by atoms with Gasteiger partial charge in [0.15, 0.2) is 0 Å². The summed E-state index contributed by atoms with van der Waals surface area (Å²) >= 11 is 0. The van der Waals surface area contributed by atoms with E-state index in [0.29, 0.717) is 13.0 Å². The van der Waals surface area contributed by atoms with Gasteiger partial charge in [-0.2, -0.15) is 15.4 Å². The second-order valence-corrected chi connectivity index (χ2v) is 5.27. The van der Waals surface area contributed by atoms with Gasteiger partial charge in [0.2, 0.25) is 5.91 Å². The number of carbonyl (C=O) groups is 1. The third kappa shape index (κ3) is 4.30. The molecule has 112 valence electrons. The van der Waals surface area contributed by atoms with Crippen molar-refractivity contribution in [3.8, 4) is 0 Å². The number of nitrogens with zero attached hydrogens (tertiary/aromatic N) is 2. The molecule has 1 amide bonds. The van der Waals surface area contributed by atoms with E-state index in [1.807, 2.05) is 0 Å². The molecule has 0 saturated heterocycles. The number of aromatic nitrogens is 3. The Morgan fingerprint density at radius 2 is 2.15 bits per heavy atom. The molecule has 0 bridgehead atoms. The molecule has 2 rings (SSSR count). The predicted octanol–water partition coefficient (Wildman–Crippen LogP) is 1.23. The van der Waals surface area contributed by atoms with Gasteiger partial charge in [0.05, 0.1) is 11.4 Å². The van der Waals surface area contributed by atoms with Crippen LogP contribution in [0.3, 0.4) is 0 Å². The lowest BCUT2D eigenvalue weighted by molar-refractivity contribution is -0.125. The van der Waals surface area contributed by atoms with Crippen molar-refractivity contribution in [1.29, 1.82) is 0 Å². The highest BCUT2D eigenvalue weighted by atomic mass is 16.5. The highest BCUT2D eigenvalue weighted by Crippen LogP contribution is 2.22. The molecular formula is C14H24N4O2. The van der Waals surface area contributed by atoms with Gasteiger partial charge in [-0.05, 0) is 25.7 Å². The third-order valence-corrected chi connectivity index (χ3v) is 3.65. The molecule has 1 unspecified atom stereocenters. The van der Waals surface area contributed by atoms with E-state index in [1.165, 1.54) is 0 Å². The molecule has 6 heteroatoms. The number of ether oxygens (including phenoxy) is 1. The van der Waals surface area contributed by atoms with E-state index in [1.54, 1.807) is 0 Å². The predicted molar refractivity (Wildman–Crippen MR) is 75.3 cm³/mol. The van der Waals surface area contributed by atoms with Crippen LogP contribution in [0, 0.1) is 5.92 Å². The number of amides is 1. The van der Waals surface area contributed by atoms with Gasteiger partial charge in [0.1, 0.15) is 0 Å². The standard InChI is InChI=1S/C14H24N4O2/c1-2-3-8-20-9-4-7-15-14(19)11-5-6-12-13(10-11)17-18-16-12/h11H,2-10H2,1H3,(H,15,19)(H,16,17,18). The molecule has 20 heavy (non-hydrogen) atoms. The Morgan fingerprint density at radius 1 is 1.35 bits per heavy atom. The van der Waals surface area contributed by atoms with Gasteiger partial charge in [-0.3, -0.25) is 4.79 Å². The normalized spacial score (nSPS) is 17.8. The minimum absolute atomic E-state index is 0.0357. The Labute approximate surface area is 119 Å². The lowest BCUT2D eigenvalue weighted by Gasteiger charge is -2.19. The molecule has 1 aromatic rings. The Balaban J connectivity index is 1.59. The fraction of sp³-hybridized carbons (Fsp3) is 0.786. The van der Waals surface area contributed by atoms with Crippen molar-refractivity contribution in [1.82, 2.24) is 20.7 Å². The van der Waals surface area contributed by atoms with Crippen LogP contribution >= 0.6 is 0 Å². The minimum Gasteiger partial charge on any atom is -0.381 e. The van der Waals surface area contributed by atoms with E-state index in [0.717, 1.165) is 56.7 Å². The highest BCUT2D eigenvalue weighted by Gasteiger charge is 2.26. The van der Waals surface area contributed by atoms with Crippen molar-refractivity contribution in [2.45, 2.75) is 45.4 Å². The van der Waals surface area contributed by atoms with Gasteiger partial charge >= 0.3 is 0 Å². The van der Waals surface area contributed by atoms with Crippen LogP contribution in [0.1, 0.15) is 44.0 Å². The van der Waals surface area contributed by atoms with Gasteiger partial charge < -0.3 is 10.1 Å². The lowest BCUT2D eigenvalue weighted by atomic mass is 9.89. The summed E-state index contributed by atoms with van der Waals surface area (Å²) in [5, 5.41) is 13.8. The molecular weight excluding hydrogens is 256 g/mol. The zero-order chi connectivity index (χ0) is 14.2. The molecule has 1 aliphatic carbocycles. The second-order valence-electron chi connectivity index (χ2n) is 5.27. The van der Waals surface area contributed by atoms with Gasteiger partial charge in [-0.15, -0.1) is 0 Å². The summed E-state index contributed by atoms with van der Waals surface area (Å²) in [6.07, 6.45) is 5.53. The van der Waals surface area contributed by atoms with Gasteiger partial charge in [0.25, 0.3) is 0 Å². The van der Waals surface area contributed by atoms with E-state index in [2.05, 4.69) is 27.7 Å². The monoisotopic (exact) mass is 280 g/mol. The topological polar surface area (TPSA) is 79.9 Å². The van der Waals surface area contributed by atoms with Crippen LogP contribution < -0.4 is 5.32 Å². The van der Waals surface area contributed by atoms with Crippen LogP contribution in [0.4, 0.5) is 0 Å². The molecule has 1 heterocycles.